The third-order valence-electron chi connectivity index (χ3n) is 5.56. The van der Waals surface area contributed by atoms with Crippen molar-refractivity contribution in [2.75, 3.05) is 0 Å². The number of hydrogen-bond donors (Lipinski definition) is 1. The number of halogens is 1. The summed E-state index contributed by atoms with van der Waals surface area (Å²) in [5, 5.41) is 3.20. The van der Waals surface area contributed by atoms with Crippen LogP contribution in [0.5, 0.6) is 0 Å². The number of thiophene rings is 1. The van der Waals surface area contributed by atoms with Crippen LogP contribution in [0.25, 0.3) is 10.9 Å². The Morgan fingerprint density at radius 1 is 0.969 bits per heavy atom. The van der Waals surface area contributed by atoms with Gasteiger partial charge in [-0.25, -0.2) is 8.42 Å². The van der Waals surface area contributed by atoms with Gasteiger partial charge in [0.2, 0.25) is 10.0 Å². The van der Waals surface area contributed by atoms with E-state index in [2.05, 4.69) is 4.98 Å². The molecule has 0 bridgehead atoms. The first-order valence-electron chi connectivity index (χ1n) is 10.1. The summed E-state index contributed by atoms with van der Waals surface area (Å²) in [7, 11) is -3.90. The van der Waals surface area contributed by atoms with Gasteiger partial charge in [0.05, 0.1) is 10.4 Å². The SMILES string of the molecule is Cc1ccc(S(=O)(=O)N(Cc2cccs2)Cc2cc3c(C)ccc(C)c3[nH]c2=O)cc1Cl. The number of aryl methyl sites for hydroxylation is 3. The van der Waals surface area contributed by atoms with Crippen LogP contribution >= 0.6 is 22.9 Å². The molecule has 0 aliphatic carbocycles. The predicted octanol–water partition coefficient (Wildman–Crippen LogP) is 5.56. The molecule has 0 fully saturated rings. The third kappa shape index (κ3) is 4.38. The van der Waals surface area contributed by atoms with Crippen LogP contribution in [0.1, 0.15) is 27.1 Å². The highest BCUT2D eigenvalue weighted by atomic mass is 35.5. The molecule has 32 heavy (non-hydrogen) atoms. The summed E-state index contributed by atoms with van der Waals surface area (Å²) >= 11 is 7.69. The van der Waals surface area contributed by atoms with Crippen LogP contribution in [0.4, 0.5) is 0 Å². The maximum atomic E-state index is 13.6. The minimum Gasteiger partial charge on any atom is -0.321 e. The largest absolute Gasteiger partial charge is 0.321 e. The number of nitrogens with zero attached hydrogens (tertiary/aromatic N) is 1. The molecule has 0 aliphatic heterocycles. The monoisotopic (exact) mass is 486 g/mol. The van der Waals surface area contributed by atoms with Gasteiger partial charge in [0.25, 0.3) is 5.56 Å². The second kappa shape index (κ2) is 8.83. The van der Waals surface area contributed by atoms with Crippen molar-refractivity contribution in [1.82, 2.24) is 9.29 Å². The Morgan fingerprint density at radius 3 is 2.38 bits per heavy atom. The quantitative estimate of drug-likeness (QED) is 0.388. The maximum Gasteiger partial charge on any atom is 0.252 e. The van der Waals surface area contributed by atoms with E-state index in [1.54, 1.807) is 18.2 Å². The van der Waals surface area contributed by atoms with Crippen LogP contribution in [0.3, 0.4) is 0 Å². The summed E-state index contributed by atoms with van der Waals surface area (Å²) in [6, 6.07) is 14.2. The molecule has 0 unspecified atom stereocenters. The number of fused-ring (bicyclic) bond motifs is 1. The molecular weight excluding hydrogens is 464 g/mol. The highest BCUT2D eigenvalue weighted by Gasteiger charge is 2.27. The first kappa shape index (κ1) is 22.7. The van der Waals surface area contributed by atoms with E-state index in [-0.39, 0.29) is 23.5 Å². The van der Waals surface area contributed by atoms with E-state index in [0.717, 1.165) is 32.5 Å². The Hall–Kier alpha value is -2.45. The summed E-state index contributed by atoms with van der Waals surface area (Å²) in [6.07, 6.45) is 0. The molecule has 4 aromatic rings. The molecule has 5 nitrogen and oxygen atoms in total. The number of hydrogen-bond acceptors (Lipinski definition) is 4. The molecule has 0 saturated carbocycles. The number of sulfonamides is 1. The first-order chi connectivity index (χ1) is 15.2. The van der Waals surface area contributed by atoms with E-state index in [1.165, 1.54) is 21.7 Å². The van der Waals surface area contributed by atoms with Crippen molar-refractivity contribution in [1.29, 1.82) is 0 Å². The molecule has 4 rings (SSSR count). The Kier molecular flexibility index (Phi) is 6.27. The van der Waals surface area contributed by atoms with Crippen LogP contribution in [-0.4, -0.2) is 17.7 Å². The van der Waals surface area contributed by atoms with Gasteiger partial charge in [0.15, 0.2) is 0 Å². The molecule has 0 radical (unpaired) electrons. The lowest BCUT2D eigenvalue weighted by Gasteiger charge is -2.22. The summed E-state index contributed by atoms with van der Waals surface area (Å²) in [5.74, 6) is 0. The van der Waals surface area contributed by atoms with E-state index in [0.29, 0.717) is 10.6 Å². The summed E-state index contributed by atoms with van der Waals surface area (Å²) in [6.45, 7) is 5.84. The van der Waals surface area contributed by atoms with E-state index >= 15 is 0 Å². The molecule has 1 N–H and O–H groups in total. The van der Waals surface area contributed by atoms with Gasteiger partial charge in [-0.2, -0.15) is 4.31 Å². The third-order valence-corrected chi connectivity index (χ3v) is 8.62. The number of aromatic amines is 1. The van der Waals surface area contributed by atoms with Gasteiger partial charge in [-0.15, -0.1) is 11.3 Å². The van der Waals surface area contributed by atoms with Crippen molar-refractivity contribution in [2.24, 2.45) is 0 Å². The van der Waals surface area contributed by atoms with Crippen molar-refractivity contribution in [3.05, 3.63) is 96.4 Å². The molecule has 0 amide bonds. The minimum absolute atomic E-state index is 0.0512. The maximum absolute atomic E-state index is 13.6. The molecule has 2 heterocycles. The van der Waals surface area contributed by atoms with Crippen molar-refractivity contribution in [3.8, 4) is 0 Å². The van der Waals surface area contributed by atoms with E-state index in [9.17, 15) is 13.2 Å². The smallest absolute Gasteiger partial charge is 0.252 e. The summed E-state index contributed by atoms with van der Waals surface area (Å²) in [4.78, 5) is 16.8. The van der Waals surface area contributed by atoms with Crippen molar-refractivity contribution >= 4 is 43.9 Å². The summed E-state index contributed by atoms with van der Waals surface area (Å²) in [5.41, 5.74) is 3.65. The zero-order chi connectivity index (χ0) is 23.0. The number of aromatic nitrogens is 1. The minimum atomic E-state index is -3.90. The highest BCUT2D eigenvalue weighted by Crippen LogP contribution is 2.27. The fourth-order valence-electron chi connectivity index (χ4n) is 3.61. The van der Waals surface area contributed by atoms with Gasteiger partial charge in [-0.3, -0.25) is 4.79 Å². The lowest BCUT2D eigenvalue weighted by atomic mass is 10.0. The van der Waals surface area contributed by atoms with E-state index in [1.807, 2.05) is 50.4 Å². The number of H-pyrrole nitrogens is 1. The van der Waals surface area contributed by atoms with Crippen molar-refractivity contribution < 1.29 is 8.42 Å². The van der Waals surface area contributed by atoms with Gasteiger partial charge < -0.3 is 4.98 Å². The van der Waals surface area contributed by atoms with E-state index in [4.69, 9.17) is 11.6 Å². The average molecular weight is 487 g/mol. The zero-order valence-electron chi connectivity index (χ0n) is 18.0. The normalized spacial score (nSPS) is 12.0. The topological polar surface area (TPSA) is 70.2 Å². The van der Waals surface area contributed by atoms with Gasteiger partial charge >= 0.3 is 0 Å². The Labute approximate surface area is 196 Å². The molecule has 0 atom stereocenters. The zero-order valence-corrected chi connectivity index (χ0v) is 20.4. The van der Waals surface area contributed by atoms with Gasteiger partial charge in [0.1, 0.15) is 0 Å². The molecule has 0 spiro atoms. The van der Waals surface area contributed by atoms with E-state index < -0.39 is 10.0 Å². The first-order valence-corrected chi connectivity index (χ1v) is 12.8. The Bertz CT molecular complexity index is 1460. The fourth-order valence-corrected chi connectivity index (χ4v) is 6.08. The number of rotatable bonds is 6. The van der Waals surface area contributed by atoms with Gasteiger partial charge in [0, 0.05) is 33.9 Å². The van der Waals surface area contributed by atoms with Crippen molar-refractivity contribution in [3.63, 3.8) is 0 Å². The summed E-state index contributed by atoms with van der Waals surface area (Å²) < 4.78 is 28.5. The fraction of sp³-hybridized carbons (Fsp3) is 0.208. The van der Waals surface area contributed by atoms with Crippen LogP contribution in [0, 0.1) is 20.8 Å². The average Bonchev–Trinajstić information content (AvgIpc) is 3.26. The molecule has 166 valence electrons. The van der Waals surface area contributed by atoms with Crippen LogP contribution in [0.2, 0.25) is 5.02 Å². The number of benzene rings is 2. The van der Waals surface area contributed by atoms with Crippen LogP contribution < -0.4 is 5.56 Å². The Morgan fingerprint density at radius 2 is 1.69 bits per heavy atom. The standard InChI is InChI=1S/C24H23ClN2O3S2/c1-15-6-7-17(3)23-21(15)11-18(24(28)26-23)13-27(14-19-5-4-10-31-19)32(29,30)20-9-8-16(2)22(25)12-20/h4-12H,13-14H2,1-3H3,(H,26,28). The van der Waals surface area contributed by atoms with Crippen LogP contribution in [0.15, 0.2) is 63.6 Å². The highest BCUT2D eigenvalue weighted by molar-refractivity contribution is 7.89. The molecule has 2 aromatic heterocycles. The number of nitrogens with one attached hydrogen (secondary N) is 1. The predicted molar refractivity (Wildman–Crippen MR) is 131 cm³/mol. The van der Waals surface area contributed by atoms with Crippen LogP contribution in [-0.2, 0) is 23.1 Å². The number of pyridine rings is 1. The van der Waals surface area contributed by atoms with Gasteiger partial charge in [-0.1, -0.05) is 35.9 Å². The molecule has 8 heteroatoms. The molecule has 0 saturated heterocycles. The molecule has 2 aromatic carbocycles. The Balaban J connectivity index is 1.81. The van der Waals surface area contributed by atoms with Crippen molar-refractivity contribution in [2.45, 2.75) is 38.8 Å². The van der Waals surface area contributed by atoms with Gasteiger partial charge in [-0.05, 0) is 67.1 Å². The second-order valence-corrected chi connectivity index (χ2v) is 11.3. The lowest BCUT2D eigenvalue weighted by molar-refractivity contribution is 0.402. The molecule has 0 aliphatic rings. The lowest BCUT2D eigenvalue weighted by Crippen LogP contribution is -2.32. The molecular formula is C24H23ClN2O3S2. The second-order valence-electron chi connectivity index (χ2n) is 7.88.